The number of urea groups is 1. The molecule has 1 heterocycles. The molecule has 5 nitrogen and oxygen atoms in total. The molecule has 0 aromatic heterocycles. The second kappa shape index (κ2) is 6.93. The average molecular weight is 345 g/mol. The van der Waals surface area contributed by atoms with Gasteiger partial charge in [-0.2, -0.15) is 0 Å². The number of ether oxygens (including phenoxy) is 1. The van der Waals surface area contributed by atoms with Gasteiger partial charge in [-0.1, -0.05) is 41.9 Å². The second-order valence-corrected chi connectivity index (χ2v) is 6.01. The molecule has 2 aromatic carbocycles. The van der Waals surface area contributed by atoms with E-state index in [0.29, 0.717) is 22.8 Å². The molecule has 0 saturated carbocycles. The van der Waals surface area contributed by atoms with Gasteiger partial charge in [0.2, 0.25) is 0 Å². The summed E-state index contributed by atoms with van der Waals surface area (Å²) in [7, 11) is 1.54. The predicted octanol–water partition coefficient (Wildman–Crippen LogP) is 3.01. The van der Waals surface area contributed by atoms with Crippen molar-refractivity contribution in [3.63, 3.8) is 0 Å². The smallest absolute Gasteiger partial charge is 0.325 e. The van der Waals surface area contributed by atoms with Crippen LogP contribution >= 0.6 is 11.6 Å². The first-order chi connectivity index (χ1) is 11.6. The Hall–Kier alpha value is -2.53. The maximum atomic E-state index is 12.6. The van der Waals surface area contributed by atoms with E-state index in [1.54, 1.807) is 18.2 Å². The lowest BCUT2D eigenvalue weighted by Crippen LogP contribution is -2.32. The molecule has 0 aliphatic carbocycles. The number of benzene rings is 2. The molecule has 2 aromatic rings. The van der Waals surface area contributed by atoms with Gasteiger partial charge in [-0.3, -0.25) is 9.69 Å². The molecule has 0 spiro atoms. The summed E-state index contributed by atoms with van der Waals surface area (Å²) in [6, 6.07) is 13.8. The van der Waals surface area contributed by atoms with Crippen LogP contribution in [0.5, 0.6) is 5.75 Å². The summed E-state index contributed by atoms with van der Waals surface area (Å²) in [5.74, 6) is 0.345. The third-order valence-electron chi connectivity index (χ3n) is 3.96. The Bertz CT molecular complexity index is 764. The lowest BCUT2D eigenvalue weighted by molar-refractivity contribution is -0.127. The number of nitrogens with one attached hydrogen (secondary N) is 1. The first kappa shape index (κ1) is 16.3. The fraction of sp³-hybridized carbons (Fsp3) is 0.222. The Balaban J connectivity index is 1.76. The van der Waals surface area contributed by atoms with Gasteiger partial charge in [-0.15, -0.1) is 0 Å². The number of amides is 3. The molecule has 0 radical (unpaired) electrons. The van der Waals surface area contributed by atoms with E-state index in [4.69, 9.17) is 16.3 Å². The van der Waals surface area contributed by atoms with E-state index >= 15 is 0 Å². The van der Waals surface area contributed by atoms with E-state index in [0.717, 1.165) is 5.56 Å². The molecule has 1 aliphatic rings. The summed E-state index contributed by atoms with van der Waals surface area (Å²) in [5.41, 5.74) is 1.69. The van der Waals surface area contributed by atoms with Crippen molar-refractivity contribution in [1.82, 2.24) is 10.2 Å². The van der Waals surface area contributed by atoms with E-state index in [9.17, 15) is 9.59 Å². The van der Waals surface area contributed by atoms with E-state index in [-0.39, 0.29) is 12.5 Å². The van der Waals surface area contributed by atoms with Crippen LogP contribution in [-0.4, -0.2) is 30.0 Å². The van der Waals surface area contributed by atoms with Crippen LogP contribution in [-0.2, 0) is 17.8 Å². The minimum absolute atomic E-state index is 0.125. The standard InChI is InChI=1S/C18H17ClN2O3/c1-24-16-8-7-14(19)10-13(16)11-21-17(22)15(20-18(21)23)9-12-5-3-2-4-6-12/h2-8,10,15H,9,11H2,1H3,(H,20,23). The van der Waals surface area contributed by atoms with Crippen molar-refractivity contribution in [2.24, 2.45) is 0 Å². The van der Waals surface area contributed by atoms with Gasteiger partial charge in [-0.05, 0) is 23.8 Å². The van der Waals surface area contributed by atoms with Crippen LogP contribution in [0.2, 0.25) is 5.02 Å². The molecule has 3 rings (SSSR count). The Labute approximate surface area is 145 Å². The van der Waals surface area contributed by atoms with Crippen LogP contribution in [0.25, 0.3) is 0 Å². The molecule has 1 fully saturated rings. The van der Waals surface area contributed by atoms with Crippen LogP contribution in [0, 0.1) is 0 Å². The highest BCUT2D eigenvalue weighted by Crippen LogP contribution is 2.25. The zero-order chi connectivity index (χ0) is 17.1. The first-order valence-corrected chi connectivity index (χ1v) is 7.94. The Morgan fingerprint density at radius 2 is 1.92 bits per heavy atom. The van der Waals surface area contributed by atoms with Gasteiger partial charge in [0.1, 0.15) is 11.8 Å². The Morgan fingerprint density at radius 1 is 1.17 bits per heavy atom. The van der Waals surface area contributed by atoms with Crippen molar-refractivity contribution in [1.29, 1.82) is 0 Å². The lowest BCUT2D eigenvalue weighted by Gasteiger charge is -2.16. The van der Waals surface area contributed by atoms with Crippen LogP contribution < -0.4 is 10.1 Å². The lowest BCUT2D eigenvalue weighted by atomic mass is 10.1. The van der Waals surface area contributed by atoms with E-state index in [1.165, 1.54) is 12.0 Å². The van der Waals surface area contributed by atoms with Crippen LogP contribution in [0.3, 0.4) is 0 Å². The molecular weight excluding hydrogens is 328 g/mol. The molecule has 3 amide bonds. The van der Waals surface area contributed by atoms with E-state index < -0.39 is 12.1 Å². The quantitative estimate of drug-likeness (QED) is 0.848. The molecule has 1 unspecified atom stereocenters. The molecule has 1 aliphatic heterocycles. The van der Waals surface area contributed by atoms with Gasteiger partial charge in [-0.25, -0.2) is 4.79 Å². The van der Waals surface area contributed by atoms with Crippen molar-refractivity contribution < 1.29 is 14.3 Å². The third-order valence-corrected chi connectivity index (χ3v) is 4.20. The van der Waals surface area contributed by atoms with Crippen molar-refractivity contribution >= 4 is 23.5 Å². The molecule has 0 bridgehead atoms. The number of imide groups is 1. The number of carbonyl (C=O) groups excluding carboxylic acids is 2. The molecule has 1 atom stereocenters. The Morgan fingerprint density at radius 3 is 2.62 bits per heavy atom. The fourth-order valence-electron chi connectivity index (χ4n) is 2.76. The highest BCUT2D eigenvalue weighted by molar-refractivity contribution is 6.30. The van der Waals surface area contributed by atoms with Crippen LogP contribution in [0.15, 0.2) is 48.5 Å². The Kier molecular flexibility index (Phi) is 4.71. The van der Waals surface area contributed by atoms with Gasteiger partial charge in [0.15, 0.2) is 0 Å². The van der Waals surface area contributed by atoms with Crippen molar-refractivity contribution in [3.05, 3.63) is 64.7 Å². The average Bonchev–Trinajstić information content (AvgIpc) is 2.84. The minimum Gasteiger partial charge on any atom is -0.496 e. The summed E-state index contributed by atoms with van der Waals surface area (Å²) in [6.07, 6.45) is 0.467. The van der Waals surface area contributed by atoms with Crippen molar-refractivity contribution in [2.45, 2.75) is 19.0 Å². The third kappa shape index (κ3) is 3.36. The number of nitrogens with zero attached hydrogens (tertiary/aromatic N) is 1. The summed E-state index contributed by atoms with van der Waals surface area (Å²) < 4.78 is 5.28. The van der Waals surface area contributed by atoms with Gasteiger partial charge >= 0.3 is 6.03 Å². The van der Waals surface area contributed by atoms with E-state index in [1.807, 2.05) is 30.3 Å². The molecule has 1 saturated heterocycles. The summed E-state index contributed by atoms with van der Waals surface area (Å²) in [4.78, 5) is 26.0. The first-order valence-electron chi connectivity index (χ1n) is 7.56. The van der Waals surface area contributed by atoms with Gasteiger partial charge in [0, 0.05) is 17.0 Å². The minimum atomic E-state index is -0.551. The normalized spacial score (nSPS) is 17.1. The molecular formula is C18H17ClN2O3. The summed E-state index contributed by atoms with van der Waals surface area (Å²) in [5, 5.41) is 3.26. The molecule has 24 heavy (non-hydrogen) atoms. The van der Waals surface area contributed by atoms with Crippen molar-refractivity contribution in [2.75, 3.05) is 7.11 Å². The molecule has 6 heteroatoms. The monoisotopic (exact) mass is 344 g/mol. The number of methoxy groups -OCH3 is 1. The topological polar surface area (TPSA) is 58.6 Å². The van der Waals surface area contributed by atoms with Crippen LogP contribution in [0.1, 0.15) is 11.1 Å². The van der Waals surface area contributed by atoms with Gasteiger partial charge in [0.25, 0.3) is 5.91 Å². The summed E-state index contributed by atoms with van der Waals surface area (Å²) in [6.45, 7) is 0.125. The van der Waals surface area contributed by atoms with E-state index in [2.05, 4.69) is 5.32 Å². The van der Waals surface area contributed by atoms with Crippen molar-refractivity contribution in [3.8, 4) is 5.75 Å². The van der Waals surface area contributed by atoms with Gasteiger partial charge < -0.3 is 10.1 Å². The number of carbonyl (C=O) groups is 2. The largest absolute Gasteiger partial charge is 0.496 e. The number of rotatable bonds is 5. The molecule has 1 N–H and O–H groups in total. The fourth-order valence-corrected chi connectivity index (χ4v) is 2.95. The summed E-state index contributed by atoms with van der Waals surface area (Å²) >= 11 is 6.01. The molecule has 124 valence electrons. The zero-order valence-corrected chi connectivity index (χ0v) is 13.9. The number of halogens is 1. The SMILES string of the molecule is COc1ccc(Cl)cc1CN1C(=O)NC(Cc2ccccc2)C1=O. The number of hydrogen-bond acceptors (Lipinski definition) is 3. The predicted molar refractivity (Wildman–Crippen MR) is 91.0 cm³/mol. The maximum absolute atomic E-state index is 12.6. The second-order valence-electron chi connectivity index (χ2n) is 5.57. The van der Waals surface area contributed by atoms with Crippen LogP contribution in [0.4, 0.5) is 4.79 Å². The highest BCUT2D eigenvalue weighted by Gasteiger charge is 2.38. The highest BCUT2D eigenvalue weighted by atomic mass is 35.5. The van der Waals surface area contributed by atoms with Gasteiger partial charge in [0.05, 0.1) is 13.7 Å². The maximum Gasteiger partial charge on any atom is 0.325 e. The number of hydrogen-bond donors (Lipinski definition) is 1. The zero-order valence-electron chi connectivity index (χ0n) is 13.2.